The molecule has 0 heterocycles. The van der Waals surface area contributed by atoms with E-state index in [0.29, 0.717) is 0 Å². The lowest BCUT2D eigenvalue weighted by atomic mass is 10.2. The van der Waals surface area contributed by atoms with Crippen LogP contribution in [0.4, 0.5) is 0 Å². The maximum Gasteiger partial charge on any atom is 0.120 e. The first-order valence-electron chi connectivity index (χ1n) is 4.67. The van der Waals surface area contributed by atoms with Gasteiger partial charge in [-0.1, -0.05) is 29.3 Å². The van der Waals surface area contributed by atoms with Gasteiger partial charge in [-0.05, 0) is 30.2 Å². The van der Waals surface area contributed by atoms with Crippen LogP contribution in [-0.2, 0) is 0 Å². The lowest BCUT2D eigenvalue weighted by Gasteiger charge is -2.07. The van der Waals surface area contributed by atoms with Gasteiger partial charge in [0, 0.05) is 4.47 Å². The molecule has 0 aromatic heterocycles. The molecule has 0 saturated heterocycles. The Balaban J connectivity index is 2.62. The summed E-state index contributed by atoms with van der Waals surface area (Å²) in [6, 6.07) is 5.52. The third-order valence-electron chi connectivity index (χ3n) is 1.81. The molecule has 0 atom stereocenters. The van der Waals surface area contributed by atoms with E-state index in [1.165, 1.54) is 0 Å². The van der Waals surface area contributed by atoms with Crippen LogP contribution in [0.2, 0.25) is 0 Å². The molecule has 0 amide bonds. The van der Waals surface area contributed by atoms with Crippen LogP contribution in [0.25, 0.3) is 0 Å². The summed E-state index contributed by atoms with van der Waals surface area (Å²) in [5, 5.41) is 8.86. The summed E-state index contributed by atoms with van der Waals surface area (Å²) in [5.41, 5.74) is 0.742. The van der Waals surface area contributed by atoms with E-state index in [9.17, 15) is 0 Å². The van der Waals surface area contributed by atoms with E-state index in [-0.39, 0.29) is 0 Å². The van der Waals surface area contributed by atoms with E-state index >= 15 is 0 Å². The maximum absolute atomic E-state index is 8.86. The molecule has 14 heavy (non-hydrogen) atoms. The van der Waals surface area contributed by atoms with Gasteiger partial charge in [0.1, 0.15) is 12.4 Å². The van der Waals surface area contributed by atoms with E-state index in [0.717, 1.165) is 41.8 Å². The average molecular weight is 258 g/mol. The smallest absolute Gasteiger partial charge is 0.120 e. The molecular weight excluding hydrogens is 244 g/mol. The summed E-state index contributed by atoms with van der Waals surface area (Å²) >= 11 is 3.35. The lowest BCUT2D eigenvalue weighted by molar-refractivity contribution is 0.308. The number of aliphatic hydroxyl groups excluding tert-OH is 1. The summed E-state index contributed by atoms with van der Waals surface area (Å²) < 4.78 is 6.42. The highest BCUT2D eigenvalue weighted by Gasteiger charge is 1.99. The van der Waals surface area contributed by atoms with E-state index in [2.05, 4.69) is 22.9 Å². The van der Waals surface area contributed by atoms with Crippen molar-refractivity contribution in [2.75, 3.05) is 6.61 Å². The summed E-state index contributed by atoms with van der Waals surface area (Å²) in [5.74, 6) is 0.785. The van der Waals surface area contributed by atoms with Crippen molar-refractivity contribution < 1.29 is 9.84 Å². The standard InChI is InChI=1S/C11H14BrO2/c1-2-3-4-14-11-6-9(8-13)5-10(12)7-11/h5-8,13H,2-4H2,1H3. The molecule has 77 valence electrons. The van der Waals surface area contributed by atoms with Gasteiger partial charge in [-0.25, -0.2) is 0 Å². The molecular formula is C11H14BrO2. The topological polar surface area (TPSA) is 29.5 Å². The zero-order valence-electron chi connectivity index (χ0n) is 8.16. The molecule has 0 aliphatic rings. The third-order valence-corrected chi connectivity index (χ3v) is 2.27. The molecule has 1 aromatic rings. The molecule has 0 bridgehead atoms. The first kappa shape index (κ1) is 11.5. The van der Waals surface area contributed by atoms with Crippen molar-refractivity contribution in [3.8, 4) is 5.75 Å². The van der Waals surface area contributed by atoms with Gasteiger partial charge in [0.25, 0.3) is 0 Å². The largest absolute Gasteiger partial charge is 0.494 e. The fourth-order valence-corrected chi connectivity index (χ4v) is 1.57. The van der Waals surface area contributed by atoms with Crippen LogP contribution in [0.3, 0.4) is 0 Å². The van der Waals surface area contributed by atoms with Crippen molar-refractivity contribution in [1.82, 2.24) is 0 Å². The van der Waals surface area contributed by atoms with Gasteiger partial charge in [-0.2, -0.15) is 0 Å². The van der Waals surface area contributed by atoms with Crippen LogP contribution < -0.4 is 4.74 Å². The quantitative estimate of drug-likeness (QED) is 0.819. The van der Waals surface area contributed by atoms with Crippen molar-refractivity contribution in [2.24, 2.45) is 0 Å². The van der Waals surface area contributed by atoms with E-state index < -0.39 is 0 Å². The van der Waals surface area contributed by atoms with Gasteiger partial charge in [0.05, 0.1) is 6.61 Å². The monoisotopic (exact) mass is 257 g/mol. The highest BCUT2D eigenvalue weighted by atomic mass is 79.9. The van der Waals surface area contributed by atoms with Gasteiger partial charge < -0.3 is 9.84 Å². The van der Waals surface area contributed by atoms with E-state index in [4.69, 9.17) is 9.84 Å². The number of ether oxygens (including phenoxy) is 1. The molecule has 0 unspecified atom stereocenters. The van der Waals surface area contributed by atoms with Crippen molar-refractivity contribution in [3.63, 3.8) is 0 Å². The molecule has 2 nitrogen and oxygen atoms in total. The Bertz CT molecular complexity index is 287. The zero-order valence-corrected chi connectivity index (χ0v) is 9.75. The van der Waals surface area contributed by atoms with Crippen LogP contribution in [0.1, 0.15) is 25.3 Å². The Labute approximate surface area is 93.0 Å². The summed E-state index contributed by atoms with van der Waals surface area (Å²) in [7, 11) is 0. The van der Waals surface area contributed by atoms with Crippen LogP contribution in [-0.4, -0.2) is 11.7 Å². The van der Waals surface area contributed by atoms with Crippen LogP contribution in [0.5, 0.6) is 5.75 Å². The first-order valence-corrected chi connectivity index (χ1v) is 5.46. The Morgan fingerprint density at radius 3 is 2.86 bits per heavy atom. The van der Waals surface area contributed by atoms with Crippen molar-refractivity contribution in [3.05, 3.63) is 34.8 Å². The van der Waals surface area contributed by atoms with Gasteiger partial charge in [-0.15, -0.1) is 0 Å². The molecule has 0 spiro atoms. The number of aliphatic hydroxyl groups is 1. The van der Waals surface area contributed by atoms with Crippen molar-refractivity contribution in [1.29, 1.82) is 0 Å². The predicted octanol–water partition coefficient (Wildman–Crippen LogP) is 3.51. The van der Waals surface area contributed by atoms with Crippen LogP contribution >= 0.6 is 15.9 Å². The summed E-state index contributed by atoms with van der Waals surface area (Å²) in [6.07, 6.45) is 2.16. The predicted molar refractivity (Wildman–Crippen MR) is 59.9 cm³/mol. The van der Waals surface area contributed by atoms with Crippen LogP contribution in [0, 0.1) is 6.61 Å². The number of hydrogen-bond donors (Lipinski definition) is 1. The van der Waals surface area contributed by atoms with E-state index in [1.807, 2.05) is 12.1 Å². The molecule has 1 aromatic carbocycles. The fraction of sp³-hybridized carbons (Fsp3) is 0.364. The fourth-order valence-electron chi connectivity index (χ4n) is 1.08. The molecule has 3 heteroatoms. The Morgan fingerprint density at radius 1 is 1.43 bits per heavy atom. The molecule has 1 rings (SSSR count). The highest BCUT2D eigenvalue weighted by molar-refractivity contribution is 9.10. The number of halogens is 1. The van der Waals surface area contributed by atoms with Gasteiger partial charge in [0.15, 0.2) is 0 Å². The Morgan fingerprint density at radius 2 is 2.21 bits per heavy atom. The lowest BCUT2D eigenvalue weighted by Crippen LogP contribution is -1.97. The van der Waals surface area contributed by atoms with Gasteiger partial charge >= 0.3 is 0 Å². The molecule has 0 fully saturated rings. The number of benzene rings is 1. The minimum atomic E-state index is 0.720. The van der Waals surface area contributed by atoms with Crippen molar-refractivity contribution in [2.45, 2.75) is 19.8 Å². The van der Waals surface area contributed by atoms with Crippen molar-refractivity contribution >= 4 is 15.9 Å². The second kappa shape index (κ2) is 6.04. The number of unbranched alkanes of at least 4 members (excludes halogenated alkanes) is 1. The molecule has 0 saturated carbocycles. The number of rotatable bonds is 5. The molecule has 1 N–H and O–H groups in total. The second-order valence-electron chi connectivity index (χ2n) is 3.05. The maximum atomic E-state index is 8.86. The van der Waals surface area contributed by atoms with E-state index in [1.54, 1.807) is 6.07 Å². The summed E-state index contributed by atoms with van der Waals surface area (Å²) in [4.78, 5) is 0. The Kier molecular flexibility index (Phi) is 4.98. The Hall–Kier alpha value is -0.540. The molecule has 0 aliphatic carbocycles. The van der Waals surface area contributed by atoms with Gasteiger partial charge in [0.2, 0.25) is 0 Å². The molecule has 1 radical (unpaired) electrons. The highest BCUT2D eigenvalue weighted by Crippen LogP contribution is 2.22. The SMILES string of the molecule is CCCCOc1cc(Br)cc([CH]O)c1. The second-order valence-corrected chi connectivity index (χ2v) is 3.97. The minimum Gasteiger partial charge on any atom is -0.494 e. The summed E-state index contributed by atoms with van der Waals surface area (Å²) in [6.45, 7) is 3.91. The average Bonchev–Trinajstić information content (AvgIpc) is 2.17. The normalized spacial score (nSPS) is 10.2. The molecule has 0 aliphatic heterocycles. The van der Waals surface area contributed by atoms with Gasteiger partial charge in [-0.3, -0.25) is 0 Å². The third kappa shape index (κ3) is 3.68. The minimum absolute atomic E-state index is 0.720. The first-order chi connectivity index (χ1) is 6.76. The van der Waals surface area contributed by atoms with Crippen LogP contribution in [0.15, 0.2) is 22.7 Å². The zero-order chi connectivity index (χ0) is 10.4. The number of hydrogen-bond acceptors (Lipinski definition) is 2.